The Morgan fingerprint density at radius 1 is 1.13 bits per heavy atom. The summed E-state index contributed by atoms with van der Waals surface area (Å²) >= 11 is 0. The summed E-state index contributed by atoms with van der Waals surface area (Å²) in [6.45, 7) is 9.31. The lowest BCUT2D eigenvalue weighted by molar-refractivity contribution is -0.142. The third kappa shape index (κ3) is 3.63. The molecular weight excluding hydrogens is 392 g/mol. The van der Waals surface area contributed by atoms with Crippen LogP contribution in [0.15, 0.2) is 51.7 Å². The van der Waals surface area contributed by atoms with Crippen LogP contribution in [-0.4, -0.2) is 15.5 Å². The van der Waals surface area contributed by atoms with Crippen LogP contribution in [-0.2, 0) is 11.8 Å². The molecule has 2 aromatic heterocycles. The van der Waals surface area contributed by atoms with Crippen LogP contribution in [0.25, 0.3) is 33.4 Å². The maximum Gasteiger partial charge on any atom is 0.316 e. The molecule has 2 heterocycles. The molecular formula is C25H26N2O4. The van der Waals surface area contributed by atoms with E-state index in [1.807, 2.05) is 49.7 Å². The predicted octanol–water partition coefficient (Wildman–Crippen LogP) is 5.42. The second-order valence-corrected chi connectivity index (χ2v) is 9.11. The van der Waals surface area contributed by atoms with Gasteiger partial charge >= 0.3 is 5.97 Å². The molecule has 0 N–H and O–H groups in total. The number of benzene rings is 2. The van der Waals surface area contributed by atoms with Crippen LogP contribution in [0.3, 0.4) is 0 Å². The van der Waals surface area contributed by atoms with E-state index in [0.717, 1.165) is 11.0 Å². The third-order valence-corrected chi connectivity index (χ3v) is 5.25. The highest BCUT2D eigenvalue weighted by Gasteiger charge is 2.25. The number of carbonyl (C=O) groups excluding carboxylic acids is 1. The monoisotopic (exact) mass is 418 g/mol. The molecule has 0 atom stereocenters. The molecule has 2 aromatic carbocycles. The molecule has 0 saturated carbocycles. The Morgan fingerprint density at radius 2 is 1.84 bits per heavy atom. The van der Waals surface area contributed by atoms with Crippen LogP contribution in [0, 0.1) is 5.41 Å². The van der Waals surface area contributed by atoms with E-state index in [0.29, 0.717) is 33.9 Å². The van der Waals surface area contributed by atoms with Crippen molar-refractivity contribution in [1.29, 1.82) is 0 Å². The first-order valence-electron chi connectivity index (χ1n) is 10.3. The topological polar surface area (TPSA) is 74.3 Å². The van der Waals surface area contributed by atoms with Gasteiger partial charge in [0.1, 0.15) is 28.5 Å². The van der Waals surface area contributed by atoms with Gasteiger partial charge in [0.25, 0.3) is 0 Å². The number of hydrogen-bond acceptors (Lipinski definition) is 5. The van der Waals surface area contributed by atoms with E-state index in [9.17, 15) is 9.59 Å². The highest BCUT2D eigenvalue weighted by Crippen LogP contribution is 2.32. The number of fused-ring (bicyclic) bond motifs is 2. The molecule has 0 aliphatic heterocycles. The molecule has 0 spiro atoms. The number of nitrogens with zero attached hydrogens (tertiary/aromatic N) is 2. The Morgan fingerprint density at radius 3 is 2.48 bits per heavy atom. The van der Waals surface area contributed by atoms with Gasteiger partial charge in [0.2, 0.25) is 5.43 Å². The van der Waals surface area contributed by atoms with Gasteiger partial charge in [0.05, 0.1) is 21.8 Å². The Hall–Kier alpha value is -3.41. The lowest BCUT2D eigenvalue weighted by Gasteiger charge is -2.17. The molecule has 0 amide bonds. The van der Waals surface area contributed by atoms with Crippen molar-refractivity contribution >= 4 is 28.0 Å². The number of imidazole rings is 1. The molecule has 6 nitrogen and oxygen atoms in total. The zero-order valence-corrected chi connectivity index (χ0v) is 18.6. The highest BCUT2D eigenvalue weighted by molar-refractivity contribution is 5.87. The highest BCUT2D eigenvalue weighted by atomic mass is 16.5. The molecule has 4 aromatic rings. The van der Waals surface area contributed by atoms with Crippen molar-refractivity contribution in [2.45, 2.75) is 40.5 Å². The quantitative estimate of drug-likeness (QED) is 0.328. The van der Waals surface area contributed by atoms with Crippen molar-refractivity contribution in [3.63, 3.8) is 0 Å². The Balaban J connectivity index is 1.92. The van der Waals surface area contributed by atoms with Crippen LogP contribution < -0.4 is 10.2 Å². The number of para-hydroxylation sites is 2. The number of rotatable bonds is 3. The van der Waals surface area contributed by atoms with E-state index in [4.69, 9.17) is 14.1 Å². The molecule has 6 heteroatoms. The van der Waals surface area contributed by atoms with Crippen molar-refractivity contribution in [1.82, 2.24) is 9.55 Å². The fraction of sp³-hybridized carbons (Fsp3) is 0.320. The minimum absolute atomic E-state index is 0.0484. The molecule has 0 bridgehead atoms. The van der Waals surface area contributed by atoms with E-state index >= 15 is 0 Å². The second-order valence-electron chi connectivity index (χ2n) is 9.11. The van der Waals surface area contributed by atoms with E-state index in [1.165, 1.54) is 0 Å². The van der Waals surface area contributed by atoms with Crippen LogP contribution in [0.4, 0.5) is 0 Å². The van der Waals surface area contributed by atoms with Crippen molar-refractivity contribution in [3.05, 3.63) is 58.4 Å². The van der Waals surface area contributed by atoms with Gasteiger partial charge in [0, 0.05) is 19.0 Å². The van der Waals surface area contributed by atoms with Crippen LogP contribution in [0.2, 0.25) is 0 Å². The average Bonchev–Trinajstić information content (AvgIpc) is 3.03. The zero-order chi connectivity index (χ0) is 22.5. The maximum atomic E-state index is 13.6. The third-order valence-electron chi connectivity index (χ3n) is 5.25. The lowest BCUT2D eigenvalue weighted by atomic mass is 9.97. The number of hydrogen-bond donors (Lipinski definition) is 0. The van der Waals surface area contributed by atoms with Crippen molar-refractivity contribution in [3.8, 4) is 17.1 Å². The molecule has 0 fully saturated rings. The summed E-state index contributed by atoms with van der Waals surface area (Å²) in [5.74, 6) is 1.07. The molecule has 0 radical (unpaired) electrons. The first-order valence-corrected chi connectivity index (χ1v) is 10.3. The molecule has 0 saturated heterocycles. The Kier molecular flexibility index (Phi) is 4.96. The predicted molar refractivity (Wildman–Crippen MR) is 121 cm³/mol. The maximum absolute atomic E-state index is 13.6. The Labute approximate surface area is 180 Å². The molecule has 0 aliphatic carbocycles. The van der Waals surface area contributed by atoms with Gasteiger partial charge in [-0.15, -0.1) is 0 Å². The van der Waals surface area contributed by atoms with Gasteiger partial charge in [-0.25, -0.2) is 4.98 Å². The molecule has 31 heavy (non-hydrogen) atoms. The van der Waals surface area contributed by atoms with Crippen molar-refractivity contribution in [2.75, 3.05) is 0 Å². The first kappa shape index (κ1) is 20.8. The van der Waals surface area contributed by atoms with E-state index in [2.05, 4.69) is 0 Å². The van der Waals surface area contributed by atoms with Crippen LogP contribution >= 0.6 is 0 Å². The fourth-order valence-corrected chi connectivity index (χ4v) is 3.50. The average molecular weight is 418 g/mol. The summed E-state index contributed by atoms with van der Waals surface area (Å²) in [4.78, 5) is 30.5. The van der Waals surface area contributed by atoms with Gasteiger partial charge < -0.3 is 13.7 Å². The second kappa shape index (κ2) is 7.38. The molecule has 0 unspecified atom stereocenters. The number of esters is 1. The molecule has 0 aliphatic rings. The van der Waals surface area contributed by atoms with Gasteiger partial charge in [-0.1, -0.05) is 26.0 Å². The van der Waals surface area contributed by atoms with Gasteiger partial charge in [0.15, 0.2) is 0 Å². The minimum Gasteiger partial charge on any atom is -0.460 e. The summed E-state index contributed by atoms with van der Waals surface area (Å²) in [6, 6.07) is 12.6. The number of ether oxygens (including phenoxy) is 1. The summed E-state index contributed by atoms with van der Waals surface area (Å²) < 4.78 is 13.6. The first-order chi connectivity index (χ1) is 14.6. The van der Waals surface area contributed by atoms with Gasteiger partial charge in [-0.2, -0.15) is 0 Å². The van der Waals surface area contributed by atoms with E-state index < -0.39 is 5.41 Å². The Bertz CT molecular complexity index is 1370. The fourth-order valence-electron chi connectivity index (χ4n) is 3.50. The number of carbonyl (C=O) groups is 1. The SMILES string of the molecule is CC(C)c1oc2cc(OC(=O)C(C)(C)C)ccc2c(=O)c1-c1nc2ccccc2n1C. The largest absolute Gasteiger partial charge is 0.460 e. The lowest BCUT2D eigenvalue weighted by Crippen LogP contribution is -2.25. The van der Waals surface area contributed by atoms with Crippen molar-refractivity contribution < 1.29 is 13.9 Å². The molecule has 4 rings (SSSR count). The number of aryl methyl sites for hydroxylation is 1. The summed E-state index contributed by atoms with van der Waals surface area (Å²) in [6.07, 6.45) is 0. The van der Waals surface area contributed by atoms with Gasteiger partial charge in [-0.3, -0.25) is 9.59 Å². The standard InChI is InChI=1S/C25H26N2O4/c1-14(2)22-20(23-26-17-9-7-8-10-18(17)27(23)6)21(28)16-12-11-15(13-19(16)31-22)30-24(29)25(3,4)5/h7-14H,1-6H3. The molecule has 160 valence electrons. The van der Waals surface area contributed by atoms with E-state index in [1.54, 1.807) is 39.0 Å². The summed E-state index contributed by atoms with van der Waals surface area (Å²) in [7, 11) is 1.90. The summed E-state index contributed by atoms with van der Waals surface area (Å²) in [5, 5.41) is 0.419. The van der Waals surface area contributed by atoms with Crippen LogP contribution in [0.1, 0.15) is 46.3 Å². The number of aromatic nitrogens is 2. The normalized spacial score (nSPS) is 12.1. The van der Waals surface area contributed by atoms with E-state index in [-0.39, 0.29) is 17.3 Å². The van der Waals surface area contributed by atoms with Crippen molar-refractivity contribution in [2.24, 2.45) is 12.5 Å². The smallest absolute Gasteiger partial charge is 0.316 e. The van der Waals surface area contributed by atoms with Gasteiger partial charge in [-0.05, 0) is 45.0 Å². The summed E-state index contributed by atoms with van der Waals surface area (Å²) in [5.41, 5.74) is 1.81. The van der Waals surface area contributed by atoms with Crippen LogP contribution in [0.5, 0.6) is 5.75 Å². The zero-order valence-electron chi connectivity index (χ0n) is 18.6. The minimum atomic E-state index is -0.636.